The highest BCUT2D eigenvalue weighted by Crippen LogP contribution is 2.28. The number of carboxylic acid groups (broad SMARTS) is 1. The van der Waals surface area contributed by atoms with Crippen LogP contribution >= 0.6 is 0 Å². The number of nitrogens with one attached hydrogen (secondary N) is 1. The molecule has 2 aromatic carbocycles. The van der Waals surface area contributed by atoms with E-state index in [1.807, 2.05) is 0 Å². The van der Waals surface area contributed by atoms with E-state index in [1.165, 1.54) is 18.2 Å². The monoisotopic (exact) mass is 326 g/mol. The van der Waals surface area contributed by atoms with Gasteiger partial charge in [0, 0.05) is 17.7 Å². The van der Waals surface area contributed by atoms with Crippen molar-refractivity contribution in [1.82, 2.24) is 5.32 Å². The third-order valence-electron chi connectivity index (χ3n) is 3.80. The average Bonchev–Trinajstić information content (AvgIpc) is 3.38. The van der Waals surface area contributed by atoms with Crippen LogP contribution in [0.25, 0.3) is 11.1 Å². The number of hydrogen-bond donors (Lipinski definition) is 2. The number of benzene rings is 2. The minimum atomic E-state index is -1.36. The van der Waals surface area contributed by atoms with E-state index in [0.717, 1.165) is 12.8 Å². The third kappa shape index (κ3) is 3.24. The van der Waals surface area contributed by atoms with Crippen LogP contribution in [-0.4, -0.2) is 27.9 Å². The largest absolute Gasteiger partial charge is 0.477 e. The average molecular weight is 326 g/mol. The second kappa shape index (κ2) is 6.11. The van der Waals surface area contributed by atoms with Crippen molar-refractivity contribution < 1.29 is 19.6 Å². The van der Waals surface area contributed by atoms with Crippen molar-refractivity contribution in [3.05, 3.63) is 63.7 Å². The normalized spacial score (nSPS) is 13.3. The lowest BCUT2D eigenvalue weighted by molar-refractivity contribution is -0.385. The molecule has 0 spiro atoms. The zero-order valence-corrected chi connectivity index (χ0v) is 12.6. The predicted molar refractivity (Wildman–Crippen MR) is 86.0 cm³/mol. The first kappa shape index (κ1) is 15.7. The zero-order chi connectivity index (χ0) is 17.3. The van der Waals surface area contributed by atoms with Gasteiger partial charge in [0.15, 0.2) is 0 Å². The predicted octanol–water partition coefficient (Wildman–Crippen LogP) is 2.85. The van der Waals surface area contributed by atoms with Crippen molar-refractivity contribution in [1.29, 1.82) is 0 Å². The second-order valence-corrected chi connectivity index (χ2v) is 5.62. The third-order valence-corrected chi connectivity index (χ3v) is 3.80. The minimum Gasteiger partial charge on any atom is -0.477 e. The highest BCUT2D eigenvalue weighted by molar-refractivity contribution is 5.96. The number of carbonyl (C=O) groups is 2. The van der Waals surface area contributed by atoms with E-state index >= 15 is 0 Å². The van der Waals surface area contributed by atoms with Crippen molar-refractivity contribution in [3.8, 4) is 11.1 Å². The quantitative estimate of drug-likeness (QED) is 0.648. The van der Waals surface area contributed by atoms with Crippen LogP contribution in [0.1, 0.15) is 33.6 Å². The molecule has 0 aliphatic heterocycles. The van der Waals surface area contributed by atoms with Gasteiger partial charge in [0.2, 0.25) is 0 Å². The van der Waals surface area contributed by atoms with Crippen molar-refractivity contribution in [2.24, 2.45) is 0 Å². The van der Waals surface area contributed by atoms with Gasteiger partial charge in [-0.3, -0.25) is 14.9 Å². The van der Waals surface area contributed by atoms with Crippen LogP contribution in [-0.2, 0) is 0 Å². The molecular formula is C17H14N2O5. The van der Waals surface area contributed by atoms with Gasteiger partial charge in [-0.1, -0.05) is 18.2 Å². The molecule has 2 aromatic rings. The number of hydrogen-bond acceptors (Lipinski definition) is 4. The standard InChI is InChI=1S/C17H14N2O5/c20-16(18-13-5-6-13)12-3-1-2-10(8-12)11-4-7-14(17(21)22)15(9-11)19(23)24/h1-4,7-9,13H,5-6H2,(H,18,20)(H,21,22). The fourth-order valence-corrected chi connectivity index (χ4v) is 2.38. The van der Waals surface area contributed by atoms with Gasteiger partial charge in [-0.2, -0.15) is 0 Å². The molecule has 122 valence electrons. The van der Waals surface area contributed by atoms with Gasteiger partial charge >= 0.3 is 5.97 Å². The fraction of sp³-hybridized carbons (Fsp3) is 0.176. The molecule has 0 heterocycles. The van der Waals surface area contributed by atoms with Gasteiger partial charge in [0.25, 0.3) is 11.6 Å². The van der Waals surface area contributed by atoms with Crippen molar-refractivity contribution >= 4 is 17.6 Å². The molecule has 0 atom stereocenters. The lowest BCUT2D eigenvalue weighted by Gasteiger charge is -2.07. The minimum absolute atomic E-state index is 0.184. The molecule has 7 nitrogen and oxygen atoms in total. The summed E-state index contributed by atoms with van der Waals surface area (Å²) in [6.45, 7) is 0. The summed E-state index contributed by atoms with van der Waals surface area (Å²) in [6, 6.07) is 10.8. The summed E-state index contributed by atoms with van der Waals surface area (Å²) in [4.78, 5) is 33.5. The van der Waals surface area contributed by atoms with Gasteiger partial charge in [0.1, 0.15) is 5.56 Å². The van der Waals surface area contributed by atoms with E-state index in [2.05, 4.69) is 5.32 Å². The molecule has 1 fully saturated rings. The van der Waals surface area contributed by atoms with Crippen LogP contribution in [0.3, 0.4) is 0 Å². The van der Waals surface area contributed by atoms with Gasteiger partial charge in [-0.05, 0) is 42.2 Å². The highest BCUT2D eigenvalue weighted by atomic mass is 16.6. The number of aromatic carboxylic acids is 1. The summed E-state index contributed by atoms with van der Waals surface area (Å²) in [6.07, 6.45) is 1.96. The van der Waals surface area contributed by atoms with Crippen LogP contribution in [0.5, 0.6) is 0 Å². The number of amides is 1. The van der Waals surface area contributed by atoms with Crippen LogP contribution in [0.4, 0.5) is 5.69 Å². The van der Waals surface area contributed by atoms with Crippen LogP contribution in [0.2, 0.25) is 0 Å². The summed E-state index contributed by atoms with van der Waals surface area (Å²) in [5.74, 6) is -1.54. The molecular weight excluding hydrogens is 312 g/mol. The number of nitro benzene ring substituents is 1. The number of carbonyl (C=O) groups excluding carboxylic acids is 1. The first-order valence-corrected chi connectivity index (χ1v) is 7.39. The van der Waals surface area contributed by atoms with E-state index in [4.69, 9.17) is 5.11 Å². The molecule has 7 heteroatoms. The zero-order valence-electron chi connectivity index (χ0n) is 12.6. The molecule has 3 rings (SSSR count). The Morgan fingerprint density at radius 3 is 2.46 bits per heavy atom. The number of nitrogens with zero attached hydrogens (tertiary/aromatic N) is 1. The number of rotatable bonds is 5. The Morgan fingerprint density at radius 2 is 1.83 bits per heavy atom. The lowest BCUT2D eigenvalue weighted by Crippen LogP contribution is -2.25. The second-order valence-electron chi connectivity index (χ2n) is 5.62. The van der Waals surface area contributed by atoms with E-state index < -0.39 is 16.6 Å². The van der Waals surface area contributed by atoms with E-state index in [0.29, 0.717) is 16.7 Å². The van der Waals surface area contributed by atoms with Gasteiger partial charge in [0.05, 0.1) is 4.92 Å². The molecule has 2 N–H and O–H groups in total. The maximum atomic E-state index is 12.1. The molecule has 0 aromatic heterocycles. The lowest BCUT2D eigenvalue weighted by atomic mass is 10.00. The summed E-state index contributed by atoms with van der Waals surface area (Å²) in [5, 5.41) is 23.0. The topological polar surface area (TPSA) is 110 Å². The molecule has 1 amide bonds. The van der Waals surface area contributed by atoms with Crippen LogP contribution in [0, 0.1) is 10.1 Å². The first-order valence-electron chi connectivity index (χ1n) is 7.39. The molecule has 24 heavy (non-hydrogen) atoms. The van der Waals surface area contributed by atoms with Crippen LogP contribution in [0.15, 0.2) is 42.5 Å². The molecule has 0 saturated heterocycles. The van der Waals surface area contributed by atoms with Gasteiger partial charge in [-0.25, -0.2) is 4.79 Å². The summed E-state index contributed by atoms with van der Waals surface area (Å²) >= 11 is 0. The molecule has 0 unspecified atom stereocenters. The molecule has 0 radical (unpaired) electrons. The number of nitro groups is 1. The molecule has 0 bridgehead atoms. The Bertz CT molecular complexity index is 843. The number of carboxylic acids is 1. The van der Waals surface area contributed by atoms with Crippen molar-refractivity contribution in [2.75, 3.05) is 0 Å². The fourth-order valence-electron chi connectivity index (χ4n) is 2.38. The van der Waals surface area contributed by atoms with Crippen molar-refractivity contribution in [3.63, 3.8) is 0 Å². The highest BCUT2D eigenvalue weighted by Gasteiger charge is 2.24. The summed E-state index contributed by atoms with van der Waals surface area (Å²) in [5.41, 5.74) is 0.704. The van der Waals surface area contributed by atoms with E-state index in [9.17, 15) is 19.7 Å². The molecule has 1 aliphatic carbocycles. The Labute approximate surface area is 137 Å². The Hall–Kier alpha value is -3.22. The Kier molecular flexibility index (Phi) is 3.99. The summed E-state index contributed by atoms with van der Waals surface area (Å²) < 4.78 is 0. The summed E-state index contributed by atoms with van der Waals surface area (Å²) in [7, 11) is 0. The Balaban J connectivity index is 1.96. The van der Waals surface area contributed by atoms with Crippen molar-refractivity contribution in [2.45, 2.75) is 18.9 Å². The molecule has 1 saturated carbocycles. The maximum absolute atomic E-state index is 12.1. The first-order chi connectivity index (χ1) is 11.5. The SMILES string of the molecule is O=C(NC1CC1)c1cccc(-c2ccc(C(=O)O)c([N+](=O)[O-])c2)c1. The van der Waals surface area contributed by atoms with E-state index in [1.54, 1.807) is 24.3 Å². The van der Waals surface area contributed by atoms with E-state index in [-0.39, 0.29) is 17.5 Å². The van der Waals surface area contributed by atoms with Crippen LogP contribution < -0.4 is 5.32 Å². The molecule has 1 aliphatic rings. The smallest absolute Gasteiger partial charge is 0.342 e. The van der Waals surface area contributed by atoms with Gasteiger partial charge in [-0.15, -0.1) is 0 Å². The Morgan fingerprint density at radius 1 is 1.12 bits per heavy atom. The maximum Gasteiger partial charge on any atom is 0.342 e. The van der Waals surface area contributed by atoms with Gasteiger partial charge < -0.3 is 10.4 Å².